The third kappa shape index (κ3) is 4.17. The maximum atomic E-state index is 13.5. The number of rotatable bonds is 6. The maximum Gasteiger partial charge on any atom is 0.387 e. The smallest absolute Gasteiger partial charge is 0.387 e. The summed E-state index contributed by atoms with van der Waals surface area (Å²) >= 11 is 0. The van der Waals surface area contributed by atoms with Gasteiger partial charge in [0.15, 0.2) is 11.6 Å². The fourth-order valence-corrected chi connectivity index (χ4v) is 2.49. The van der Waals surface area contributed by atoms with Gasteiger partial charge in [0.2, 0.25) is 0 Å². The van der Waals surface area contributed by atoms with Crippen LogP contribution in [0.15, 0.2) is 12.1 Å². The van der Waals surface area contributed by atoms with Crippen LogP contribution in [0.2, 0.25) is 0 Å². The highest BCUT2D eigenvalue weighted by Crippen LogP contribution is 2.31. The molecule has 0 amide bonds. The number of likely N-dealkylation sites (tertiary alicyclic amines) is 1. The minimum atomic E-state index is -3.06. The Bertz CT molecular complexity index is 479. The van der Waals surface area contributed by atoms with Crippen LogP contribution in [-0.4, -0.2) is 44.7 Å². The molecule has 0 aliphatic carbocycles. The summed E-state index contributed by atoms with van der Waals surface area (Å²) in [7, 11) is 1.80. The number of hydrogen-bond donors (Lipinski definition) is 1. The normalized spacial score (nSPS) is 15.7. The molecule has 0 spiro atoms. The molecule has 118 valence electrons. The van der Waals surface area contributed by atoms with Crippen molar-refractivity contribution in [1.82, 2.24) is 4.90 Å². The Hall–Kier alpha value is -1.63. The van der Waals surface area contributed by atoms with Gasteiger partial charge in [-0.2, -0.15) is 8.78 Å². The highest BCUT2D eigenvalue weighted by molar-refractivity contribution is 5.69. The standard InChI is InChI=1S/C14H20F3N3O/c1-19(6-7-20-4-2-3-5-20)12-9-13(21-14(16)17)10(15)8-11(12)18/h8-9,14H,2-7,18H2,1H3. The Morgan fingerprint density at radius 1 is 1.33 bits per heavy atom. The second kappa shape index (κ2) is 6.89. The zero-order chi connectivity index (χ0) is 15.4. The number of anilines is 2. The molecule has 1 aliphatic rings. The fourth-order valence-electron chi connectivity index (χ4n) is 2.49. The summed E-state index contributed by atoms with van der Waals surface area (Å²) in [5.74, 6) is -1.37. The Balaban J connectivity index is 2.05. The molecule has 0 atom stereocenters. The Labute approximate surface area is 122 Å². The minimum Gasteiger partial charge on any atom is -0.432 e. The SMILES string of the molecule is CN(CCN1CCCC1)c1cc(OC(F)F)c(F)cc1N. The lowest BCUT2D eigenvalue weighted by Crippen LogP contribution is -2.31. The first-order chi connectivity index (χ1) is 9.97. The predicted octanol–water partition coefficient (Wildman–Crippen LogP) is 2.54. The molecule has 0 unspecified atom stereocenters. The second-order valence-electron chi connectivity index (χ2n) is 5.19. The van der Waals surface area contributed by atoms with Gasteiger partial charge in [0.1, 0.15) is 0 Å². The molecule has 21 heavy (non-hydrogen) atoms. The van der Waals surface area contributed by atoms with E-state index in [0.29, 0.717) is 12.2 Å². The van der Waals surface area contributed by atoms with Crippen LogP contribution >= 0.6 is 0 Å². The number of alkyl halides is 2. The van der Waals surface area contributed by atoms with Gasteiger partial charge in [-0.1, -0.05) is 0 Å². The van der Waals surface area contributed by atoms with Gasteiger partial charge in [-0.05, 0) is 25.9 Å². The molecular weight excluding hydrogens is 283 g/mol. The number of likely N-dealkylation sites (N-methyl/N-ethyl adjacent to an activating group) is 1. The van der Waals surface area contributed by atoms with Crippen molar-refractivity contribution in [2.75, 3.05) is 43.9 Å². The van der Waals surface area contributed by atoms with Gasteiger partial charge in [0, 0.05) is 32.3 Å². The topological polar surface area (TPSA) is 41.7 Å². The van der Waals surface area contributed by atoms with Gasteiger partial charge in [0.25, 0.3) is 0 Å². The van der Waals surface area contributed by atoms with Gasteiger partial charge in [0.05, 0.1) is 11.4 Å². The Kier molecular flexibility index (Phi) is 5.17. The molecule has 1 fully saturated rings. The summed E-state index contributed by atoms with van der Waals surface area (Å²) in [5, 5.41) is 0. The van der Waals surface area contributed by atoms with Crippen molar-refractivity contribution in [2.45, 2.75) is 19.5 Å². The van der Waals surface area contributed by atoms with E-state index in [4.69, 9.17) is 5.73 Å². The zero-order valence-electron chi connectivity index (χ0n) is 12.0. The number of nitrogens with two attached hydrogens (primary N) is 1. The van der Waals surface area contributed by atoms with E-state index in [0.717, 1.165) is 25.7 Å². The first-order valence-electron chi connectivity index (χ1n) is 6.94. The van der Waals surface area contributed by atoms with E-state index < -0.39 is 18.2 Å². The van der Waals surface area contributed by atoms with Gasteiger partial charge >= 0.3 is 6.61 Å². The zero-order valence-corrected chi connectivity index (χ0v) is 12.0. The lowest BCUT2D eigenvalue weighted by Gasteiger charge is -2.25. The lowest BCUT2D eigenvalue weighted by atomic mass is 10.2. The number of hydrogen-bond acceptors (Lipinski definition) is 4. The largest absolute Gasteiger partial charge is 0.432 e. The fraction of sp³-hybridized carbons (Fsp3) is 0.571. The number of halogens is 3. The Morgan fingerprint density at radius 3 is 2.62 bits per heavy atom. The minimum absolute atomic E-state index is 0.207. The van der Waals surface area contributed by atoms with Crippen LogP contribution in [0.3, 0.4) is 0 Å². The molecule has 2 rings (SSSR count). The van der Waals surface area contributed by atoms with Crippen LogP contribution in [0.4, 0.5) is 24.5 Å². The van der Waals surface area contributed by atoms with Crippen molar-refractivity contribution in [3.8, 4) is 5.75 Å². The number of benzene rings is 1. The molecule has 4 nitrogen and oxygen atoms in total. The van der Waals surface area contributed by atoms with E-state index in [1.165, 1.54) is 18.9 Å². The first-order valence-corrected chi connectivity index (χ1v) is 6.94. The van der Waals surface area contributed by atoms with Crippen LogP contribution in [0.25, 0.3) is 0 Å². The van der Waals surface area contributed by atoms with Gasteiger partial charge in [-0.3, -0.25) is 0 Å². The van der Waals surface area contributed by atoms with Crippen molar-refractivity contribution in [2.24, 2.45) is 0 Å². The predicted molar refractivity (Wildman–Crippen MR) is 76.4 cm³/mol. The molecule has 1 saturated heterocycles. The lowest BCUT2D eigenvalue weighted by molar-refractivity contribution is -0.0521. The Morgan fingerprint density at radius 2 is 2.00 bits per heavy atom. The summed E-state index contributed by atoms with van der Waals surface area (Å²) in [4.78, 5) is 4.15. The highest BCUT2D eigenvalue weighted by atomic mass is 19.3. The average molecular weight is 303 g/mol. The van der Waals surface area contributed by atoms with Gasteiger partial charge in [-0.25, -0.2) is 4.39 Å². The molecule has 0 bridgehead atoms. The van der Waals surface area contributed by atoms with E-state index in [1.807, 2.05) is 4.90 Å². The third-order valence-electron chi connectivity index (χ3n) is 3.66. The van der Waals surface area contributed by atoms with Crippen molar-refractivity contribution in [3.05, 3.63) is 17.9 Å². The molecule has 2 N–H and O–H groups in total. The van der Waals surface area contributed by atoms with Gasteiger partial charge in [-0.15, -0.1) is 0 Å². The second-order valence-corrected chi connectivity index (χ2v) is 5.19. The molecule has 1 heterocycles. The van der Waals surface area contributed by atoms with Gasteiger partial charge < -0.3 is 20.3 Å². The van der Waals surface area contributed by atoms with Crippen molar-refractivity contribution >= 4 is 11.4 Å². The molecule has 1 aliphatic heterocycles. The summed E-state index contributed by atoms with van der Waals surface area (Å²) in [5.41, 5.74) is 6.47. The van der Waals surface area contributed by atoms with E-state index in [2.05, 4.69) is 9.64 Å². The van der Waals surface area contributed by atoms with Crippen LogP contribution in [0.1, 0.15) is 12.8 Å². The van der Waals surface area contributed by atoms with Crippen molar-refractivity contribution in [3.63, 3.8) is 0 Å². The number of nitrogens with zero attached hydrogens (tertiary/aromatic N) is 2. The van der Waals surface area contributed by atoms with Crippen molar-refractivity contribution < 1.29 is 17.9 Å². The van der Waals surface area contributed by atoms with Crippen LogP contribution in [0.5, 0.6) is 5.75 Å². The quantitative estimate of drug-likeness (QED) is 0.820. The third-order valence-corrected chi connectivity index (χ3v) is 3.66. The molecule has 0 radical (unpaired) electrons. The maximum absolute atomic E-state index is 13.5. The van der Waals surface area contributed by atoms with E-state index in [1.54, 1.807) is 7.05 Å². The van der Waals surface area contributed by atoms with E-state index in [9.17, 15) is 13.2 Å². The summed E-state index contributed by atoms with van der Waals surface area (Å²) in [6, 6.07) is 2.24. The van der Waals surface area contributed by atoms with Crippen LogP contribution in [-0.2, 0) is 0 Å². The van der Waals surface area contributed by atoms with E-state index >= 15 is 0 Å². The summed E-state index contributed by atoms with van der Waals surface area (Å²) in [6.07, 6.45) is 2.41. The highest BCUT2D eigenvalue weighted by Gasteiger charge is 2.17. The summed E-state index contributed by atoms with van der Waals surface area (Å²) in [6.45, 7) is 0.632. The molecule has 0 saturated carbocycles. The van der Waals surface area contributed by atoms with Crippen molar-refractivity contribution in [1.29, 1.82) is 0 Å². The van der Waals surface area contributed by atoms with E-state index in [-0.39, 0.29) is 5.69 Å². The molecule has 1 aromatic carbocycles. The van der Waals surface area contributed by atoms with Crippen LogP contribution < -0.4 is 15.4 Å². The monoisotopic (exact) mass is 303 g/mol. The molecule has 7 heteroatoms. The molecule has 0 aromatic heterocycles. The first kappa shape index (κ1) is 15.8. The molecule has 1 aromatic rings. The van der Waals surface area contributed by atoms with Crippen LogP contribution in [0, 0.1) is 5.82 Å². The molecular formula is C14H20F3N3O. The summed E-state index contributed by atoms with van der Waals surface area (Å²) < 4.78 is 42.2. The average Bonchev–Trinajstić information content (AvgIpc) is 2.92. The number of nitrogen functional groups attached to an aromatic ring is 1. The number of ether oxygens (including phenoxy) is 1.